The fourth-order valence-corrected chi connectivity index (χ4v) is 2.86. The second-order valence-electron chi connectivity index (χ2n) is 1.93. The molecule has 0 bridgehead atoms. The molecule has 1 rings (SSSR count). The van der Waals surface area contributed by atoms with Gasteiger partial charge in [-0.3, -0.25) is 0 Å². The van der Waals surface area contributed by atoms with Crippen LogP contribution in [-0.2, 0) is 0 Å². The standard InChI is InChI=1S/C6H2BrClF2IN/c7-2-1-3(8)12-6(11)4(2)5(9)10/h1,5H. The lowest BCUT2D eigenvalue weighted by Crippen LogP contribution is -1.94. The first-order valence-corrected chi connectivity index (χ1v) is 5.07. The maximum Gasteiger partial charge on any atom is 0.267 e. The van der Waals surface area contributed by atoms with Crippen LogP contribution in [0.1, 0.15) is 12.0 Å². The summed E-state index contributed by atoms with van der Waals surface area (Å²) < 4.78 is 25.1. The van der Waals surface area contributed by atoms with Crippen LogP contribution < -0.4 is 0 Å². The zero-order valence-electron chi connectivity index (χ0n) is 5.49. The topological polar surface area (TPSA) is 12.9 Å². The summed E-state index contributed by atoms with van der Waals surface area (Å²) in [6, 6.07) is 1.35. The zero-order valence-corrected chi connectivity index (χ0v) is 9.99. The summed E-state index contributed by atoms with van der Waals surface area (Å²) in [5.41, 5.74) is -0.111. The lowest BCUT2D eigenvalue weighted by Gasteiger charge is -2.05. The molecular weight excluding hydrogens is 366 g/mol. The van der Waals surface area contributed by atoms with Crippen LogP contribution in [0.5, 0.6) is 0 Å². The molecule has 66 valence electrons. The van der Waals surface area contributed by atoms with E-state index in [4.69, 9.17) is 11.6 Å². The van der Waals surface area contributed by atoms with Gasteiger partial charge in [0, 0.05) is 4.47 Å². The maximum absolute atomic E-state index is 12.3. The van der Waals surface area contributed by atoms with Crippen molar-refractivity contribution in [1.29, 1.82) is 0 Å². The van der Waals surface area contributed by atoms with E-state index in [1.165, 1.54) is 6.07 Å². The molecule has 1 aromatic heterocycles. The Morgan fingerprint density at radius 1 is 1.58 bits per heavy atom. The van der Waals surface area contributed by atoms with E-state index in [0.717, 1.165) is 0 Å². The highest BCUT2D eigenvalue weighted by Gasteiger charge is 2.17. The van der Waals surface area contributed by atoms with Crippen molar-refractivity contribution in [1.82, 2.24) is 4.98 Å². The third kappa shape index (κ3) is 2.26. The van der Waals surface area contributed by atoms with Gasteiger partial charge in [-0.2, -0.15) is 0 Å². The van der Waals surface area contributed by atoms with Gasteiger partial charge in [0.05, 0.1) is 5.56 Å². The molecule has 0 saturated heterocycles. The number of rotatable bonds is 1. The number of pyridine rings is 1. The van der Waals surface area contributed by atoms with Gasteiger partial charge in [0.15, 0.2) is 0 Å². The van der Waals surface area contributed by atoms with E-state index in [-0.39, 0.29) is 14.4 Å². The Bertz CT molecular complexity index is 285. The summed E-state index contributed by atoms with van der Waals surface area (Å²) in [5, 5.41) is 0.204. The second kappa shape index (κ2) is 4.15. The van der Waals surface area contributed by atoms with Crippen LogP contribution in [0.3, 0.4) is 0 Å². The number of hydrogen-bond acceptors (Lipinski definition) is 1. The molecule has 0 unspecified atom stereocenters. The first-order valence-electron chi connectivity index (χ1n) is 2.82. The Morgan fingerprint density at radius 2 is 2.17 bits per heavy atom. The van der Waals surface area contributed by atoms with Crippen molar-refractivity contribution in [2.75, 3.05) is 0 Å². The van der Waals surface area contributed by atoms with Crippen molar-refractivity contribution in [3.05, 3.63) is 25.0 Å². The van der Waals surface area contributed by atoms with E-state index in [1.54, 1.807) is 22.6 Å². The van der Waals surface area contributed by atoms with Crippen LogP contribution in [0.2, 0.25) is 5.15 Å². The smallest absolute Gasteiger partial charge is 0.230 e. The fourth-order valence-electron chi connectivity index (χ4n) is 0.661. The molecule has 1 aromatic rings. The van der Waals surface area contributed by atoms with Crippen LogP contribution in [-0.4, -0.2) is 4.98 Å². The van der Waals surface area contributed by atoms with Gasteiger partial charge < -0.3 is 0 Å². The Hall–Kier alpha value is 0.510. The number of hydrogen-bond donors (Lipinski definition) is 0. The van der Waals surface area contributed by atoms with Crippen molar-refractivity contribution in [3.8, 4) is 0 Å². The average Bonchev–Trinajstić information content (AvgIpc) is 1.82. The van der Waals surface area contributed by atoms with Crippen LogP contribution in [0.25, 0.3) is 0 Å². The quantitative estimate of drug-likeness (QED) is 0.539. The summed E-state index contributed by atoms with van der Waals surface area (Å²) in [7, 11) is 0. The first-order chi connectivity index (χ1) is 5.52. The van der Waals surface area contributed by atoms with Gasteiger partial charge in [0.1, 0.15) is 8.85 Å². The third-order valence-electron chi connectivity index (χ3n) is 1.15. The average molecular weight is 368 g/mol. The molecule has 0 fully saturated rings. The van der Waals surface area contributed by atoms with Crippen LogP contribution in [0.4, 0.5) is 8.78 Å². The molecule has 0 atom stereocenters. The minimum Gasteiger partial charge on any atom is -0.230 e. The lowest BCUT2D eigenvalue weighted by atomic mass is 10.3. The largest absolute Gasteiger partial charge is 0.267 e. The summed E-state index contributed by atoms with van der Waals surface area (Å²) >= 11 is 10.2. The van der Waals surface area contributed by atoms with Crippen molar-refractivity contribution < 1.29 is 8.78 Å². The highest BCUT2D eigenvalue weighted by atomic mass is 127. The number of nitrogens with zero attached hydrogens (tertiary/aromatic N) is 1. The van der Waals surface area contributed by atoms with Crippen molar-refractivity contribution in [3.63, 3.8) is 0 Å². The minimum absolute atomic E-state index is 0.111. The Labute approximate surface area is 94.8 Å². The van der Waals surface area contributed by atoms with Gasteiger partial charge in [0.25, 0.3) is 6.43 Å². The molecule has 1 nitrogen and oxygen atoms in total. The lowest BCUT2D eigenvalue weighted by molar-refractivity contribution is 0.149. The van der Waals surface area contributed by atoms with E-state index < -0.39 is 6.43 Å². The van der Waals surface area contributed by atoms with E-state index in [1.807, 2.05) is 0 Å². The maximum atomic E-state index is 12.3. The third-order valence-corrected chi connectivity index (χ3v) is 2.82. The van der Waals surface area contributed by atoms with E-state index in [0.29, 0.717) is 4.47 Å². The highest BCUT2D eigenvalue weighted by molar-refractivity contribution is 14.1. The second-order valence-corrected chi connectivity index (χ2v) is 4.20. The number of aromatic nitrogens is 1. The molecule has 0 saturated carbocycles. The fraction of sp³-hybridized carbons (Fsp3) is 0.167. The summed E-state index contributed by atoms with van der Waals surface area (Å²) in [4.78, 5) is 3.70. The molecule has 0 aliphatic heterocycles. The summed E-state index contributed by atoms with van der Waals surface area (Å²) in [6.07, 6.45) is -2.53. The van der Waals surface area contributed by atoms with Gasteiger partial charge in [-0.1, -0.05) is 27.5 Å². The first kappa shape index (κ1) is 10.6. The summed E-state index contributed by atoms with van der Waals surface area (Å²) in [5.74, 6) is 0. The van der Waals surface area contributed by atoms with Gasteiger partial charge in [-0.15, -0.1) is 0 Å². The van der Waals surface area contributed by atoms with Gasteiger partial charge >= 0.3 is 0 Å². The molecule has 0 amide bonds. The molecule has 0 aromatic carbocycles. The number of halogens is 5. The summed E-state index contributed by atoms with van der Waals surface area (Å²) in [6.45, 7) is 0. The molecular formula is C6H2BrClF2IN. The van der Waals surface area contributed by atoms with Crippen molar-refractivity contribution in [2.45, 2.75) is 6.43 Å². The number of alkyl halides is 2. The molecule has 0 aliphatic rings. The Kier molecular flexibility index (Phi) is 3.66. The monoisotopic (exact) mass is 367 g/mol. The van der Waals surface area contributed by atoms with Crippen LogP contribution in [0.15, 0.2) is 10.5 Å². The minimum atomic E-state index is -2.53. The van der Waals surface area contributed by atoms with Crippen LogP contribution >= 0.6 is 50.1 Å². The van der Waals surface area contributed by atoms with Gasteiger partial charge in [-0.05, 0) is 28.7 Å². The Morgan fingerprint density at radius 3 is 2.58 bits per heavy atom. The highest BCUT2D eigenvalue weighted by Crippen LogP contribution is 2.31. The van der Waals surface area contributed by atoms with Crippen molar-refractivity contribution >= 4 is 50.1 Å². The van der Waals surface area contributed by atoms with Gasteiger partial charge in [-0.25, -0.2) is 13.8 Å². The van der Waals surface area contributed by atoms with Crippen molar-refractivity contribution in [2.24, 2.45) is 0 Å². The predicted molar refractivity (Wildman–Crippen MR) is 54.6 cm³/mol. The normalized spacial score (nSPS) is 10.8. The van der Waals surface area contributed by atoms with E-state index in [2.05, 4.69) is 20.9 Å². The SMILES string of the molecule is FC(F)c1c(Br)cc(Cl)nc1I. The molecule has 0 radical (unpaired) electrons. The molecule has 0 aliphatic carbocycles. The molecule has 0 spiro atoms. The van der Waals surface area contributed by atoms with E-state index in [9.17, 15) is 8.78 Å². The zero-order chi connectivity index (χ0) is 9.30. The molecule has 6 heteroatoms. The molecule has 12 heavy (non-hydrogen) atoms. The predicted octanol–water partition coefficient (Wildman–Crippen LogP) is 4.04. The molecule has 0 N–H and O–H groups in total. The van der Waals surface area contributed by atoms with Crippen LogP contribution in [0, 0.1) is 3.70 Å². The molecule has 1 heterocycles. The van der Waals surface area contributed by atoms with Gasteiger partial charge in [0.2, 0.25) is 0 Å². The Balaban J connectivity index is 3.28. The van der Waals surface area contributed by atoms with E-state index >= 15 is 0 Å².